The van der Waals surface area contributed by atoms with Crippen molar-refractivity contribution in [1.29, 1.82) is 0 Å². The van der Waals surface area contributed by atoms with Gasteiger partial charge in [-0.1, -0.05) is 13.8 Å². The number of carbonyl (C=O) groups excluding carboxylic acids is 1. The van der Waals surface area contributed by atoms with Gasteiger partial charge in [-0.15, -0.1) is 0 Å². The van der Waals surface area contributed by atoms with Gasteiger partial charge >= 0.3 is 5.97 Å². The van der Waals surface area contributed by atoms with Gasteiger partial charge in [0.1, 0.15) is 5.54 Å². The van der Waals surface area contributed by atoms with E-state index < -0.39 is 11.5 Å². The molecular formula is C8H13NO3. The van der Waals surface area contributed by atoms with Crippen molar-refractivity contribution in [3.8, 4) is 0 Å². The summed E-state index contributed by atoms with van der Waals surface area (Å²) in [5.74, 6) is -1.23. The molecule has 1 fully saturated rings. The SMILES string of the molecule is CC(=O)N[C@]1(C(=O)O)CC1(C)C. The summed E-state index contributed by atoms with van der Waals surface area (Å²) in [5, 5.41) is 11.4. The monoisotopic (exact) mass is 171 g/mol. The summed E-state index contributed by atoms with van der Waals surface area (Å²) in [4.78, 5) is 21.5. The summed E-state index contributed by atoms with van der Waals surface area (Å²) in [6.45, 7) is 4.99. The zero-order chi connectivity index (χ0) is 9.57. The largest absolute Gasteiger partial charge is 0.479 e. The first kappa shape index (κ1) is 9.03. The number of nitrogens with one attached hydrogen (secondary N) is 1. The first-order valence-corrected chi connectivity index (χ1v) is 3.84. The number of aliphatic carboxylic acids is 1. The highest BCUT2D eigenvalue weighted by atomic mass is 16.4. The summed E-state index contributed by atoms with van der Waals surface area (Å²) in [6.07, 6.45) is 0.509. The number of carboxylic acid groups (broad SMARTS) is 1. The fourth-order valence-corrected chi connectivity index (χ4v) is 1.55. The van der Waals surface area contributed by atoms with E-state index in [1.807, 2.05) is 13.8 Å². The Morgan fingerprint density at radius 2 is 1.83 bits per heavy atom. The molecule has 1 rings (SSSR count). The summed E-state index contributed by atoms with van der Waals surface area (Å²) in [5.41, 5.74) is -1.33. The van der Waals surface area contributed by atoms with Crippen molar-refractivity contribution < 1.29 is 14.7 Å². The molecule has 2 N–H and O–H groups in total. The van der Waals surface area contributed by atoms with Crippen LogP contribution in [0.3, 0.4) is 0 Å². The Hall–Kier alpha value is -1.06. The van der Waals surface area contributed by atoms with Crippen LogP contribution in [0.1, 0.15) is 27.2 Å². The molecule has 4 heteroatoms. The third kappa shape index (κ3) is 1.07. The molecule has 0 unspecified atom stereocenters. The average Bonchev–Trinajstić information content (AvgIpc) is 2.33. The van der Waals surface area contributed by atoms with E-state index in [0.717, 1.165) is 0 Å². The number of carboxylic acids is 1. The molecule has 0 aromatic rings. The zero-order valence-electron chi connectivity index (χ0n) is 7.47. The van der Waals surface area contributed by atoms with Crippen LogP contribution in [0.4, 0.5) is 0 Å². The fraction of sp³-hybridized carbons (Fsp3) is 0.750. The van der Waals surface area contributed by atoms with Gasteiger partial charge in [0.2, 0.25) is 5.91 Å². The molecule has 0 aromatic heterocycles. The van der Waals surface area contributed by atoms with Crippen LogP contribution < -0.4 is 5.32 Å². The third-order valence-electron chi connectivity index (χ3n) is 2.49. The first-order valence-electron chi connectivity index (χ1n) is 3.84. The quantitative estimate of drug-likeness (QED) is 0.631. The van der Waals surface area contributed by atoms with Gasteiger partial charge in [-0.25, -0.2) is 4.79 Å². The van der Waals surface area contributed by atoms with Gasteiger partial charge in [0.15, 0.2) is 0 Å². The predicted octanol–water partition coefficient (Wildman–Crippen LogP) is 0.376. The van der Waals surface area contributed by atoms with Crippen LogP contribution in [-0.4, -0.2) is 22.5 Å². The standard InChI is InChI=1S/C8H13NO3/c1-5(10)9-8(6(11)12)4-7(8,2)3/h4H2,1-3H3,(H,9,10)(H,11,12)/t8-/m0/s1. The fourth-order valence-electron chi connectivity index (χ4n) is 1.55. The van der Waals surface area contributed by atoms with Crippen LogP contribution in [0.15, 0.2) is 0 Å². The second-order valence-corrected chi connectivity index (χ2v) is 3.95. The van der Waals surface area contributed by atoms with E-state index in [1.165, 1.54) is 6.92 Å². The normalized spacial score (nSPS) is 30.9. The first-order chi connectivity index (χ1) is 5.32. The minimum absolute atomic E-state index is 0.289. The highest BCUT2D eigenvalue weighted by Crippen LogP contribution is 2.55. The van der Waals surface area contributed by atoms with Gasteiger partial charge in [-0.3, -0.25) is 4.79 Å². The van der Waals surface area contributed by atoms with Crippen LogP contribution in [0.2, 0.25) is 0 Å². The lowest BCUT2D eigenvalue weighted by Crippen LogP contribution is -2.45. The van der Waals surface area contributed by atoms with E-state index in [2.05, 4.69) is 5.32 Å². The van der Waals surface area contributed by atoms with Crippen LogP contribution in [0.25, 0.3) is 0 Å². The summed E-state index contributed by atoms with van der Waals surface area (Å²) in [6, 6.07) is 0. The smallest absolute Gasteiger partial charge is 0.330 e. The van der Waals surface area contributed by atoms with E-state index in [1.54, 1.807) is 0 Å². The molecule has 0 aliphatic heterocycles. The maximum Gasteiger partial charge on any atom is 0.330 e. The molecule has 0 saturated heterocycles. The van der Waals surface area contributed by atoms with Crippen LogP contribution in [-0.2, 0) is 9.59 Å². The van der Waals surface area contributed by atoms with Crippen molar-refractivity contribution >= 4 is 11.9 Å². The molecule has 68 valence electrons. The molecule has 4 nitrogen and oxygen atoms in total. The Morgan fingerprint density at radius 3 is 1.92 bits per heavy atom. The topological polar surface area (TPSA) is 66.4 Å². The van der Waals surface area contributed by atoms with Crippen molar-refractivity contribution in [3.63, 3.8) is 0 Å². The molecule has 0 spiro atoms. The van der Waals surface area contributed by atoms with E-state index in [-0.39, 0.29) is 11.3 Å². The molecular weight excluding hydrogens is 158 g/mol. The van der Waals surface area contributed by atoms with Crippen molar-refractivity contribution in [2.45, 2.75) is 32.7 Å². The molecule has 1 aliphatic rings. The molecule has 0 radical (unpaired) electrons. The van der Waals surface area contributed by atoms with E-state index in [4.69, 9.17) is 5.11 Å². The van der Waals surface area contributed by atoms with Crippen molar-refractivity contribution in [2.75, 3.05) is 0 Å². The molecule has 1 saturated carbocycles. The van der Waals surface area contributed by atoms with Crippen LogP contribution in [0.5, 0.6) is 0 Å². The average molecular weight is 171 g/mol. The molecule has 0 aromatic carbocycles. The molecule has 0 bridgehead atoms. The second-order valence-electron chi connectivity index (χ2n) is 3.95. The van der Waals surface area contributed by atoms with Gasteiger partial charge in [-0.05, 0) is 6.42 Å². The Balaban J connectivity index is 2.80. The minimum atomic E-state index is -1.02. The second kappa shape index (κ2) is 2.21. The Bertz CT molecular complexity index is 247. The molecule has 12 heavy (non-hydrogen) atoms. The van der Waals surface area contributed by atoms with E-state index in [0.29, 0.717) is 6.42 Å². The van der Waals surface area contributed by atoms with Gasteiger partial charge in [0, 0.05) is 12.3 Å². The zero-order valence-corrected chi connectivity index (χ0v) is 7.47. The van der Waals surface area contributed by atoms with Crippen molar-refractivity contribution in [1.82, 2.24) is 5.32 Å². The number of hydrogen-bond acceptors (Lipinski definition) is 2. The van der Waals surface area contributed by atoms with E-state index >= 15 is 0 Å². The Morgan fingerprint density at radius 1 is 1.42 bits per heavy atom. The minimum Gasteiger partial charge on any atom is -0.479 e. The highest BCUT2D eigenvalue weighted by Gasteiger charge is 2.67. The predicted molar refractivity (Wildman–Crippen MR) is 42.6 cm³/mol. The number of rotatable bonds is 2. The lowest BCUT2D eigenvalue weighted by atomic mass is 10.1. The Labute approximate surface area is 71.0 Å². The maximum absolute atomic E-state index is 10.8. The van der Waals surface area contributed by atoms with Gasteiger partial charge in [-0.2, -0.15) is 0 Å². The van der Waals surface area contributed by atoms with Gasteiger partial charge in [0.25, 0.3) is 0 Å². The van der Waals surface area contributed by atoms with Crippen LogP contribution in [0, 0.1) is 5.41 Å². The van der Waals surface area contributed by atoms with Crippen molar-refractivity contribution in [2.24, 2.45) is 5.41 Å². The lowest BCUT2D eigenvalue weighted by Gasteiger charge is -2.15. The Kier molecular flexibility index (Phi) is 1.67. The van der Waals surface area contributed by atoms with Crippen molar-refractivity contribution in [3.05, 3.63) is 0 Å². The van der Waals surface area contributed by atoms with E-state index in [9.17, 15) is 9.59 Å². The van der Waals surface area contributed by atoms with Gasteiger partial charge in [0.05, 0.1) is 0 Å². The molecule has 0 heterocycles. The maximum atomic E-state index is 10.8. The molecule has 1 aliphatic carbocycles. The summed E-state index contributed by atoms with van der Waals surface area (Å²) >= 11 is 0. The third-order valence-corrected chi connectivity index (χ3v) is 2.49. The number of amides is 1. The summed E-state index contributed by atoms with van der Waals surface area (Å²) < 4.78 is 0. The highest BCUT2D eigenvalue weighted by molar-refractivity contribution is 5.90. The van der Waals surface area contributed by atoms with Gasteiger partial charge < -0.3 is 10.4 Å². The lowest BCUT2D eigenvalue weighted by molar-refractivity contribution is -0.144. The van der Waals surface area contributed by atoms with Crippen LogP contribution >= 0.6 is 0 Å². The number of hydrogen-bond donors (Lipinski definition) is 2. The summed E-state index contributed by atoms with van der Waals surface area (Å²) in [7, 11) is 0. The molecule has 1 amide bonds. The number of carbonyl (C=O) groups is 2. The molecule has 1 atom stereocenters.